The normalized spacial score (nSPS) is 27.2. The maximum Gasteiger partial charge on any atom is 0.0478 e. The van der Waals surface area contributed by atoms with E-state index in [1.54, 1.807) is 0 Å². The molecule has 16 heavy (non-hydrogen) atoms. The smallest absolute Gasteiger partial charge is 0.0478 e. The molecule has 1 saturated heterocycles. The van der Waals surface area contributed by atoms with Gasteiger partial charge in [-0.1, -0.05) is 20.3 Å². The molecule has 0 spiro atoms. The third-order valence-electron chi connectivity index (χ3n) is 3.46. The van der Waals surface area contributed by atoms with E-state index in [4.69, 9.17) is 10.5 Å². The summed E-state index contributed by atoms with van der Waals surface area (Å²) in [7, 11) is 0. The Morgan fingerprint density at radius 2 is 2.06 bits per heavy atom. The molecule has 1 fully saturated rings. The van der Waals surface area contributed by atoms with E-state index in [1.807, 2.05) is 0 Å². The van der Waals surface area contributed by atoms with Gasteiger partial charge in [-0.25, -0.2) is 0 Å². The lowest BCUT2D eigenvalue weighted by Gasteiger charge is -2.35. The van der Waals surface area contributed by atoms with Crippen LogP contribution in [0.4, 0.5) is 0 Å². The van der Waals surface area contributed by atoms with Crippen molar-refractivity contribution in [2.45, 2.75) is 45.6 Å². The van der Waals surface area contributed by atoms with Gasteiger partial charge in [-0.15, -0.1) is 0 Å². The van der Waals surface area contributed by atoms with Gasteiger partial charge >= 0.3 is 0 Å². The Morgan fingerprint density at radius 1 is 1.31 bits per heavy atom. The van der Waals surface area contributed by atoms with Gasteiger partial charge in [0.15, 0.2) is 0 Å². The van der Waals surface area contributed by atoms with Gasteiger partial charge in [0.05, 0.1) is 0 Å². The molecule has 1 aliphatic rings. The lowest BCUT2D eigenvalue weighted by molar-refractivity contribution is 0.105. The van der Waals surface area contributed by atoms with Crippen molar-refractivity contribution in [2.75, 3.05) is 32.8 Å². The van der Waals surface area contributed by atoms with Gasteiger partial charge in [0.2, 0.25) is 0 Å². The second kappa shape index (κ2) is 8.04. The SMILES string of the molecule is CCCCOCCCN1CCC(N)C(C)C1. The molecule has 3 nitrogen and oxygen atoms in total. The molecule has 0 aliphatic carbocycles. The molecule has 0 aromatic carbocycles. The zero-order chi connectivity index (χ0) is 11.8. The van der Waals surface area contributed by atoms with E-state index in [1.165, 1.54) is 25.9 Å². The number of rotatable bonds is 7. The molecule has 2 unspecified atom stereocenters. The van der Waals surface area contributed by atoms with Crippen LogP contribution in [0.1, 0.15) is 39.5 Å². The zero-order valence-electron chi connectivity index (χ0n) is 11.0. The molecular weight excluding hydrogens is 200 g/mol. The van der Waals surface area contributed by atoms with Gasteiger partial charge in [0.1, 0.15) is 0 Å². The Labute approximate surface area is 100 Å². The first kappa shape index (κ1) is 13.9. The number of ether oxygens (including phenoxy) is 1. The first-order valence-corrected chi connectivity index (χ1v) is 6.79. The van der Waals surface area contributed by atoms with E-state index < -0.39 is 0 Å². The van der Waals surface area contributed by atoms with Crippen LogP contribution in [0.2, 0.25) is 0 Å². The topological polar surface area (TPSA) is 38.5 Å². The average Bonchev–Trinajstić information content (AvgIpc) is 2.28. The zero-order valence-corrected chi connectivity index (χ0v) is 11.0. The van der Waals surface area contributed by atoms with Crippen molar-refractivity contribution in [1.82, 2.24) is 4.90 Å². The quantitative estimate of drug-likeness (QED) is 0.676. The molecule has 0 radical (unpaired) electrons. The fourth-order valence-corrected chi connectivity index (χ4v) is 2.19. The van der Waals surface area contributed by atoms with Crippen LogP contribution in [0.5, 0.6) is 0 Å². The summed E-state index contributed by atoms with van der Waals surface area (Å²) in [5.41, 5.74) is 6.00. The Kier molecular flexibility index (Phi) is 7.01. The highest BCUT2D eigenvalue weighted by molar-refractivity contribution is 4.79. The maximum atomic E-state index is 6.00. The standard InChI is InChI=1S/C13H28N2O/c1-3-4-9-16-10-5-7-15-8-6-13(14)12(2)11-15/h12-13H,3-11,14H2,1-2H3. The van der Waals surface area contributed by atoms with Crippen molar-refractivity contribution in [3.8, 4) is 0 Å². The fraction of sp³-hybridized carbons (Fsp3) is 1.00. The predicted octanol–water partition coefficient (Wildman–Crippen LogP) is 1.86. The minimum Gasteiger partial charge on any atom is -0.381 e. The molecule has 1 rings (SSSR count). The summed E-state index contributed by atoms with van der Waals surface area (Å²) in [6.45, 7) is 9.80. The Morgan fingerprint density at radius 3 is 2.75 bits per heavy atom. The molecule has 1 aliphatic heterocycles. The van der Waals surface area contributed by atoms with Crippen LogP contribution in [0, 0.1) is 5.92 Å². The minimum atomic E-state index is 0.414. The lowest BCUT2D eigenvalue weighted by Crippen LogP contribution is -2.46. The van der Waals surface area contributed by atoms with Gasteiger partial charge in [-0.2, -0.15) is 0 Å². The van der Waals surface area contributed by atoms with Gasteiger partial charge in [-0.05, 0) is 31.7 Å². The van der Waals surface area contributed by atoms with E-state index in [0.29, 0.717) is 12.0 Å². The number of unbranched alkanes of at least 4 members (excludes halogenated alkanes) is 1. The Hall–Kier alpha value is -0.120. The molecule has 0 aromatic heterocycles. The van der Waals surface area contributed by atoms with E-state index in [-0.39, 0.29) is 0 Å². The maximum absolute atomic E-state index is 6.00. The molecule has 3 heteroatoms. The lowest BCUT2D eigenvalue weighted by atomic mass is 9.95. The third-order valence-corrected chi connectivity index (χ3v) is 3.46. The van der Waals surface area contributed by atoms with Crippen molar-refractivity contribution in [3.05, 3.63) is 0 Å². The third kappa shape index (κ3) is 5.28. The van der Waals surface area contributed by atoms with Crippen molar-refractivity contribution < 1.29 is 4.74 Å². The average molecular weight is 228 g/mol. The molecule has 0 bridgehead atoms. The van der Waals surface area contributed by atoms with Crippen LogP contribution in [-0.2, 0) is 4.74 Å². The molecule has 2 atom stereocenters. The summed E-state index contributed by atoms with van der Waals surface area (Å²) in [5, 5.41) is 0. The highest BCUT2D eigenvalue weighted by Crippen LogP contribution is 2.14. The van der Waals surface area contributed by atoms with E-state index in [0.717, 1.165) is 32.6 Å². The molecular formula is C13H28N2O. The molecule has 96 valence electrons. The van der Waals surface area contributed by atoms with Crippen LogP contribution in [0.3, 0.4) is 0 Å². The first-order valence-electron chi connectivity index (χ1n) is 6.79. The van der Waals surface area contributed by atoms with Crippen LogP contribution >= 0.6 is 0 Å². The monoisotopic (exact) mass is 228 g/mol. The van der Waals surface area contributed by atoms with Crippen LogP contribution in [-0.4, -0.2) is 43.8 Å². The first-order chi connectivity index (χ1) is 7.74. The minimum absolute atomic E-state index is 0.414. The summed E-state index contributed by atoms with van der Waals surface area (Å²) in [5.74, 6) is 0.648. The van der Waals surface area contributed by atoms with Crippen LogP contribution < -0.4 is 5.73 Å². The Balaban J connectivity index is 1.97. The fourth-order valence-electron chi connectivity index (χ4n) is 2.19. The van der Waals surface area contributed by atoms with Gasteiger partial charge in [0.25, 0.3) is 0 Å². The van der Waals surface area contributed by atoms with E-state index in [2.05, 4.69) is 18.7 Å². The van der Waals surface area contributed by atoms with Gasteiger partial charge < -0.3 is 15.4 Å². The van der Waals surface area contributed by atoms with Crippen LogP contribution in [0.25, 0.3) is 0 Å². The largest absolute Gasteiger partial charge is 0.381 e. The van der Waals surface area contributed by atoms with Crippen molar-refractivity contribution >= 4 is 0 Å². The number of nitrogens with two attached hydrogens (primary N) is 1. The highest BCUT2D eigenvalue weighted by atomic mass is 16.5. The Bertz CT molecular complexity index is 175. The van der Waals surface area contributed by atoms with E-state index >= 15 is 0 Å². The molecule has 0 saturated carbocycles. The molecule has 0 amide bonds. The summed E-state index contributed by atoms with van der Waals surface area (Å²) < 4.78 is 5.56. The number of hydrogen-bond acceptors (Lipinski definition) is 3. The number of hydrogen-bond donors (Lipinski definition) is 1. The van der Waals surface area contributed by atoms with Gasteiger partial charge in [-0.3, -0.25) is 0 Å². The molecule has 0 aromatic rings. The summed E-state index contributed by atoms with van der Waals surface area (Å²) in [4.78, 5) is 2.53. The van der Waals surface area contributed by atoms with Crippen molar-refractivity contribution in [3.63, 3.8) is 0 Å². The summed E-state index contributed by atoms with van der Waals surface area (Å²) >= 11 is 0. The second-order valence-corrected chi connectivity index (χ2v) is 5.05. The number of likely N-dealkylation sites (tertiary alicyclic amines) is 1. The van der Waals surface area contributed by atoms with Crippen LogP contribution in [0.15, 0.2) is 0 Å². The summed E-state index contributed by atoms with van der Waals surface area (Å²) in [6.07, 6.45) is 4.72. The predicted molar refractivity (Wildman–Crippen MR) is 68.5 cm³/mol. The van der Waals surface area contributed by atoms with Gasteiger partial charge in [0, 0.05) is 32.3 Å². The highest BCUT2D eigenvalue weighted by Gasteiger charge is 2.22. The van der Waals surface area contributed by atoms with Crippen molar-refractivity contribution in [2.24, 2.45) is 11.7 Å². The molecule has 2 N–H and O–H groups in total. The second-order valence-electron chi connectivity index (χ2n) is 5.05. The summed E-state index contributed by atoms with van der Waals surface area (Å²) in [6, 6.07) is 0.414. The van der Waals surface area contributed by atoms with Crippen molar-refractivity contribution in [1.29, 1.82) is 0 Å². The molecule has 1 heterocycles. The number of piperidine rings is 1. The van der Waals surface area contributed by atoms with E-state index in [9.17, 15) is 0 Å². The number of nitrogens with zero attached hydrogens (tertiary/aromatic N) is 1.